The number of carbonyl (C=O) groups excluding carboxylic acids is 2. The molecule has 0 aliphatic carbocycles. The van der Waals surface area contributed by atoms with Gasteiger partial charge in [0.15, 0.2) is 6.61 Å². The Kier molecular flexibility index (Phi) is 8.05. The van der Waals surface area contributed by atoms with Crippen LogP contribution in [0.15, 0.2) is 42.5 Å². The number of hydrogen-bond donors (Lipinski definition) is 1. The third-order valence-electron chi connectivity index (χ3n) is 4.52. The van der Waals surface area contributed by atoms with Gasteiger partial charge in [0.1, 0.15) is 5.75 Å². The molecule has 0 aliphatic rings. The summed E-state index contributed by atoms with van der Waals surface area (Å²) in [5.74, 6) is 0.380. The van der Waals surface area contributed by atoms with Crippen molar-refractivity contribution in [3.8, 4) is 5.75 Å². The topological polar surface area (TPSA) is 64.6 Å². The molecule has 0 aliphatic heterocycles. The number of nitrogens with one attached hydrogen (secondary N) is 1. The summed E-state index contributed by atoms with van der Waals surface area (Å²) in [6.07, 6.45) is 0.804. The van der Waals surface area contributed by atoms with E-state index in [4.69, 9.17) is 9.47 Å². The second kappa shape index (κ2) is 10.5. The van der Waals surface area contributed by atoms with E-state index in [1.165, 1.54) is 5.56 Å². The van der Waals surface area contributed by atoms with Gasteiger partial charge in [-0.1, -0.05) is 55.8 Å². The van der Waals surface area contributed by atoms with Crippen molar-refractivity contribution in [2.45, 2.75) is 39.5 Å². The van der Waals surface area contributed by atoms with Gasteiger partial charge in [0.2, 0.25) is 0 Å². The number of amides is 1. The fourth-order valence-corrected chi connectivity index (χ4v) is 2.86. The predicted molar refractivity (Wildman–Crippen MR) is 110 cm³/mol. The smallest absolute Gasteiger partial charge is 0.310 e. The number of methoxy groups -OCH3 is 1. The van der Waals surface area contributed by atoms with Crippen LogP contribution in [0.4, 0.5) is 0 Å². The van der Waals surface area contributed by atoms with Crippen LogP contribution in [0.3, 0.4) is 0 Å². The molecule has 5 heteroatoms. The first-order valence-electron chi connectivity index (χ1n) is 9.53. The van der Waals surface area contributed by atoms with E-state index in [0.717, 1.165) is 23.1 Å². The molecule has 28 heavy (non-hydrogen) atoms. The Labute approximate surface area is 167 Å². The molecule has 2 aromatic carbocycles. The zero-order chi connectivity index (χ0) is 20.5. The van der Waals surface area contributed by atoms with Gasteiger partial charge in [-0.3, -0.25) is 9.59 Å². The molecule has 0 spiro atoms. The minimum atomic E-state index is -0.455. The molecular weight excluding hydrogens is 354 g/mol. The van der Waals surface area contributed by atoms with Crippen LogP contribution in [0, 0.1) is 6.92 Å². The van der Waals surface area contributed by atoms with E-state index in [1.807, 2.05) is 25.1 Å². The van der Waals surface area contributed by atoms with E-state index >= 15 is 0 Å². The molecule has 0 aromatic heterocycles. The van der Waals surface area contributed by atoms with Gasteiger partial charge in [-0.2, -0.15) is 0 Å². The number of ether oxygens (including phenoxy) is 2. The fraction of sp³-hybridized carbons (Fsp3) is 0.391. The molecule has 0 atom stereocenters. The van der Waals surface area contributed by atoms with E-state index < -0.39 is 5.97 Å². The van der Waals surface area contributed by atoms with Crippen LogP contribution in [0.2, 0.25) is 0 Å². The summed E-state index contributed by atoms with van der Waals surface area (Å²) in [5.41, 5.74) is 4.23. The lowest BCUT2D eigenvalue weighted by atomic mass is 10.0. The molecule has 0 fully saturated rings. The molecule has 5 nitrogen and oxygen atoms in total. The quantitative estimate of drug-likeness (QED) is 0.673. The van der Waals surface area contributed by atoms with Crippen molar-refractivity contribution in [3.05, 3.63) is 64.7 Å². The number of carbonyl (C=O) groups is 2. The molecule has 0 radical (unpaired) electrons. The molecule has 0 bridgehead atoms. The molecular formula is C23H29NO4. The Morgan fingerprint density at radius 2 is 1.79 bits per heavy atom. The van der Waals surface area contributed by atoms with E-state index in [0.29, 0.717) is 18.2 Å². The van der Waals surface area contributed by atoms with Crippen LogP contribution in [0.25, 0.3) is 0 Å². The molecule has 1 amide bonds. The molecule has 2 rings (SSSR count). The minimum absolute atomic E-state index is 0.0698. The molecule has 0 saturated heterocycles. The summed E-state index contributed by atoms with van der Waals surface area (Å²) < 4.78 is 10.3. The van der Waals surface area contributed by atoms with Crippen LogP contribution < -0.4 is 10.1 Å². The first-order valence-corrected chi connectivity index (χ1v) is 9.53. The highest BCUT2D eigenvalue weighted by Crippen LogP contribution is 2.20. The average Bonchev–Trinajstić information content (AvgIpc) is 2.67. The second-order valence-electron chi connectivity index (χ2n) is 7.15. The lowest BCUT2D eigenvalue weighted by Gasteiger charge is -2.10. The van der Waals surface area contributed by atoms with E-state index in [9.17, 15) is 9.59 Å². The Bertz CT molecular complexity index is 797. The number of benzene rings is 2. The Morgan fingerprint density at radius 1 is 1.07 bits per heavy atom. The van der Waals surface area contributed by atoms with Crippen molar-refractivity contribution in [1.29, 1.82) is 0 Å². The number of esters is 1. The number of hydrogen-bond acceptors (Lipinski definition) is 4. The number of rotatable bonds is 9. The maximum Gasteiger partial charge on any atom is 0.310 e. The highest BCUT2D eigenvalue weighted by molar-refractivity contribution is 5.81. The van der Waals surface area contributed by atoms with E-state index in [1.54, 1.807) is 7.11 Å². The third kappa shape index (κ3) is 6.72. The molecule has 150 valence electrons. The maximum absolute atomic E-state index is 12.0. The Hall–Kier alpha value is -2.82. The van der Waals surface area contributed by atoms with Crippen LogP contribution in [-0.4, -0.2) is 32.1 Å². The lowest BCUT2D eigenvalue weighted by Crippen LogP contribution is -2.30. The van der Waals surface area contributed by atoms with Crippen molar-refractivity contribution in [2.24, 2.45) is 0 Å². The molecule has 0 heterocycles. The van der Waals surface area contributed by atoms with Crippen LogP contribution >= 0.6 is 0 Å². The zero-order valence-corrected chi connectivity index (χ0v) is 17.1. The minimum Gasteiger partial charge on any atom is -0.496 e. The summed E-state index contributed by atoms with van der Waals surface area (Å²) in [6, 6.07) is 14.0. The van der Waals surface area contributed by atoms with Gasteiger partial charge in [0.05, 0.1) is 13.5 Å². The summed E-state index contributed by atoms with van der Waals surface area (Å²) in [4.78, 5) is 23.9. The van der Waals surface area contributed by atoms with Crippen molar-refractivity contribution in [3.63, 3.8) is 0 Å². The summed E-state index contributed by atoms with van der Waals surface area (Å²) in [5, 5.41) is 2.78. The third-order valence-corrected chi connectivity index (χ3v) is 4.52. The highest BCUT2D eigenvalue weighted by atomic mass is 16.5. The van der Waals surface area contributed by atoms with Gasteiger partial charge >= 0.3 is 5.97 Å². The average molecular weight is 383 g/mol. The van der Waals surface area contributed by atoms with E-state index in [-0.39, 0.29) is 18.9 Å². The Balaban J connectivity index is 1.72. The standard InChI is InChI=1S/C23H29NO4/c1-16(2)19-8-6-18(7-9-19)11-12-24-22(25)15-28-23(26)14-20-13-17(3)5-10-21(20)27-4/h5-10,13,16H,11-12,14-15H2,1-4H3,(H,24,25). The predicted octanol–water partition coefficient (Wildman–Crippen LogP) is 3.57. The van der Waals surface area contributed by atoms with Crippen molar-refractivity contribution >= 4 is 11.9 Å². The first kappa shape index (κ1) is 21.5. The summed E-state index contributed by atoms with van der Waals surface area (Å²) >= 11 is 0. The summed E-state index contributed by atoms with van der Waals surface area (Å²) in [6.45, 7) is 6.48. The molecule has 1 N–H and O–H groups in total. The monoisotopic (exact) mass is 383 g/mol. The SMILES string of the molecule is COc1ccc(C)cc1CC(=O)OCC(=O)NCCc1ccc(C(C)C)cc1. The maximum atomic E-state index is 12.0. The molecule has 2 aromatic rings. The van der Waals surface area contributed by atoms with Gasteiger partial charge < -0.3 is 14.8 Å². The largest absolute Gasteiger partial charge is 0.496 e. The van der Waals surface area contributed by atoms with Crippen LogP contribution in [0.5, 0.6) is 5.75 Å². The number of aryl methyl sites for hydroxylation is 1. The molecule has 0 saturated carbocycles. The lowest BCUT2D eigenvalue weighted by molar-refractivity contribution is -0.147. The van der Waals surface area contributed by atoms with Gasteiger partial charge in [0.25, 0.3) is 5.91 Å². The van der Waals surface area contributed by atoms with Crippen molar-refractivity contribution < 1.29 is 19.1 Å². The molecule has 0 unspecified atom stereocenters. The Morgan fingerprint density at radius 3 is 2.43 bits per heavy atom. The van der Waals surface area contributed by atoms with Gasteiger partial charge in [-0.05, 0) is 36.5 Å². The second-order valence-corrected chi connectivity index (χ2v) is 7.15. The van der Waals surface area contributed by atoms with Gasteiger partial charge in [-0.15, -0.1) is 0 Å². The van der Waals surface area contributed by atoms with Gasteiger partial charge in [-0.25, -0.2) is 0 Å². The van der Waals surface area contributed by atoms with Crippen LogP contribution in [-0.2, 0) is 27.2 Å². The van der Waals surface area contributed by atoms with Crippen LogP contribution in [0.1, 0.15) is 42.0 Å². The summed E-state index contributed by atoms with van der Waals surface area (Å²) in [7, 11) is 1.56. The van der Waals surface area contributed by atoms with Crippen molar-refractivity contribution in [2.75, 3.05) is 20.3 Å². The first-order chi connectivity index (χ1) is 13.4. The van der Waals surface area contributed by atoms with E-state index in [2.05, 4.69) is 43.4 Å². The van der Waals surface area contributed by atoms with Crippen molar-refractivity contribution in [1.82, 2.24) is 5.32 Å². The van der Waals surface area contributed by atoms with Gasteiger partial charge in [0, 0.05) is 12.1 Å². The normalized spacial score (nSPS) is 10.6. The fourth-order valence-electron chi connectivity index (χ4n) is 2.86. The zero-order valence-electron chi connectivity index (χ0n) is 17.1. The highest BCUT2D eigenvalue weighted by Gasteiger charge is 2.12.